The first-order valence-corrected chi connectivity index (χ1v) is 5.38. The van der Waals surface area contributed by atoms with E-state index >= 15 is 0 Å². The van der Waals surface area contributed by atoms with E-state index < -0.39 is 12.1 Å². The molecule has 1 aliphatic heterocycles. The molecule has 1 aromatic rings. The number of nitrogens with zero attached hydrogens (tertiary/aromatic N) is 1. The summed E-state index contributed by atoms with van der Waals surface area (Å²) in [7, 11) is 0. The summed E-state index contributed by atoms with van der Waals surface area (Å²) in [5, 5.41) is 18.2. The Morgan fingerprint density at radius 3 is 2.59 bits per heavy atom. The molecule has 0 bridgehead atoms. The lowest BCUT2D eigenvalue weighted by molar-refractivity contribution is 0.0697. The third-order valence-corrected chi connectivity index (χ3v) is 2.81. The molecule has 5 nitrogen and oxygen atoms in total. The molecule has 1 aromatic carbocycles. The Bertz CT molecular complexity index is 458. The summed E-state index contributed by atoms with van der Waals surface area (Å²) in [5.41, 5.74) is 0.439. The van der Waals surface area contributed by atoms with Gasteiger partial charge in [-0.15, -0.1) is 0 Å². The highest BCUT2D eigenvalue weighted by molar-refractivity contribution is 5.97. The number of carbonyl (C=O) groups is 2. The second-order valence-electron chi connectivity index (χ2n) is 4.08. The summed E-state index contributed by atoms with van der Waals surface area (Å²) in [5.74, 6) is -1.29. The van der Waals surface area contributed by atoms with Crippen molar-refractivity contribution in [2.75, 3.05) is 13.1 Å². The molecule has 1 saturated heterocycles. The molecule has 1 fully saturated rings. The quantitative estimate of drug-likeness (QED) is 0.786. The number of aromatic carboxylic acids is 1. The number of likely N-dealkylation sites (tertiary alicyclic amines) is 1. The van der Waals surface area contributed by atoms with E-state index in [0.717, 1.165) is 0 Å². The fourth-order valence-corrected chi connectivity index (χ4v) is 1.89. The SMILES string of the molecule is O=C(O)c1cccc(C(=O)N2CCC(O)C2)c1. The standard InChI is InChI=1S/C12H13NO4/c14-10-4-5-13(7-10)11(15)8-2-1-3-9(6-8)12(16)17/h1-3,6,10,14H,4-5,7H2,(H,16,17). The lowest BCUT2D eigenvalue weighted by Crippen LogP contribution is -2.29. The molecule has 0 aromatic heterocycles. The minimum Gasteiger partial charge on any atom is -0.478 e. The smallest absolute Gasteiger partial charge is 0.335 e. The average molecular weight is 235 g/mol. The highest BCUT2D eigenvalue weighted by Crippen LogP contribution is 2.14. The van der Waals surface area contributed by atoms with Gasteiger partial charge in [-0.2, -0.15) is 0 Å². The minimum absolute atomic E-state index is 0.0931. The van der Waals surface area contributed by atoms with E-state index in [-0.39, 0.29) is 11.5 Å². The molecule has 0 saturated carbocycles. The molecule has 0 radical (unpaired) electrons. The van der Waals surface area contributed by atoms with Crippen molar-refractivity contribution in [1.82, 2.24) is 4.90 Å². The van der Waals surface area contributed by atoms with Gasteiger partial charge >= 0.3 is 5.97 Å². The van der Waals surface area contributed by atoms with Crippen LogP contribution in [-0.4, -0.2) is 46.2 Å². The molecular formula is C12H13NO4. The van der Waals surface area contributed by atoms with Crippen LogP contribution in [0.4, 0.5) is 0 Å². The third kappa shape index (κ3) is 2.45. The van der Waals surface area contributed by atoms with Crippen molar-refractivity contribution in [3.8, 4) is 0 Å². The highest BCUT2D eigenvalue weighted by atomic mass is 16.4. The predicted octanol–water partition coefficient (Wildman–Crippen LogP) is 0.592. The summed E-state index contributed by atoms with van der Waals surface area (Å²) in [6, 6.07) is 5.93. The van der Waals surface area contributed by atoms with Gasteiger partial charge in [0.05, 0.1) is 11.7 Å². The molecule has 0 spiro atoms. The largest absolute Gasteiger partial charge is 0.478 e. The first-order valence-electron chi connectivity index (χ1n) is 5.38. The molecule has 1 unspecified atom stereocenters. The molecule has 2 N–H and O–H groups in total. The maximum absolute atomic E-state index is 12.0. The lowest BCUT2D eigenvalue weighted by atomic mass is 10.1. The Balaban J connectivity index is 2.19. The van der Waals surface area contributed by atoms with Crippen molar-refractivity contribution in [3.05, 3.63) is 35.4 Å². The summed E-state index contributed by atoms with van der Waals surface area (Å²) in [6.45, 7) is 0.827. The zero-order valence-electron chi connectivity index (χ0n) is 9.17. The molecular weight excluding hydrogens is 222 g/mol. The predicted molar refractivity (Wildman–Crippen MR) is 59.9 cm³/mol. The van der Waals surface area contributed by atoms with Crippen molar-refractivity contribution in [1.29, 1.82) is 0 Å². The number of aliphatic hydroxyl groups is 1. The topological polar surface area (TPSA) is 77.8 Å². The van der Waals surface area contributed by atoms with Gasteiger partial charge in [0.1, 0.15) is 0 Å². The van der Waals surface area contributed by atoms with Crippen molar-refractivity contribution in [3.63, 3.8) is 0 Å². The maximum atomic E-state index is 12.0. The van der Waals surface area contributed by atoms with Gasteiger partial charge in [-0.1, -0.05) is 6.07 Å². The Kier molecular flexibility index (Phi) is 3.10. The number of carboxylic acids is 1. The monoisotopic (exact) mass is 235 g/mol. The minimum atomic E-state index is -1.05. The number of rotatable bonds is 2. The number of aliphatic hydroxyl groups excluding tert-OH is 1. The van der Waals surface area contributed by atoms with Crippen LogP contribution in [0.5, 0.6) is 0 Å². The molecule has 1 amide bonds. The Morgan fingerprint density at radius 2 is 2.00 bits per heavy atom. The van der Waals surface area contributed by atoms with E-state index in [1.807, 2.05) is 0 Å². The van der Waals surface area contributed by atoms with Gasteiger partial charge < -0.3 is 15.1 Å². The number of carboxylic acid groups (broad SMARTS) is 1. The summed E-state index contributed by atoms with van der Waals surface area (Å²) in [4.78, 5) is 24.3. The summed E-state index contributed by atoms with van der Waals surface area (Å²) in [6.07, 6.45) is 0.103. The van der Waals surface area contributed by atoms with Crippen molar-refractivity contribution in [2.24, 2.45) is 0 Å². The van der Waals surface area contributed by atoms with E-state index in [9.17, 15) is 14.7 Å². The van der Waals surface area contributed by atoms with Crippen LogP contribution in [0, 0.1) is 0 Å². The van der Waals surface area contributed by atoms with Gasteiger partial charge in [-0.05, 0) is 24.6 Å². The number of benzene rings is 1. The normalized spacial score (nSPS) is 19.4. The second-order valence-corrected chi connectivity index (χ2v) is 4.08. The van der Waals surface area contributed by atoms with Crippen LogP contribution < -0.4 is 0 Å². The van der Waals surface area contributed by atoms with E-state index in [1.165, 1.54) is 17.0 Å². The number of carbonyl (C=O) groups excluding carboxylic acids is 1. The van der Waals surface area contributed by atoms with E-state index in [0.29, 0.717) is 25.1 Å². The van der Waals surface area contributed by atoms with Gasteiger partial charge in [0.25, 0.3) is 5.91 Å². The van der Waals surface area contributed by atoms with Crippen LogP contribution in [0.3, 0.4) is 0 Å². The van der Waals surface area contributed by atoms with Crippen LogP contribution in [0.1, 0.15) is 27.1 Å². The number of β-amino-alcohol motifs (C(OH)–C–C–N with tert-alkyl or cyclic N) is 1. The number of amides is 1. The van der Waals surface area contributed by atoms with E-state index in [4.69, 9.17) is 5.11 Å². The summed E-state index contributed by atoms with van der Waals surface area (Å²) >= 11 is 0. The zero-order valence-corrected chi connectivity index (χ0v) is 9.17. The van der Waals surface area contributed by atoms with E-state index in [2.05, 4.69) is 0 Å². The van der Waals surface area contributed by atoms with Gasteiger partial charge in [-0.3, -0.25) is 4.79 Å². The molecule has 0 aliphatic carbocycles. The van der Waals surface area contributed by atoms with Crippen LogP contribution in [0.15, 0.2) is 24.3 Å². The third-order valence-electron chi connectivity index (χ3n) is 2.81. The first-order chi connectivity index (χ1) is 8.08. The van der Waals surface area contributed by atoms with Crippen LogP contribution in [-0.2, 0) is 0 Å². The van der Waals surface area contributed by atoms with Gasteiger partial charge in [0.15, 0.2) is 0 Å². The Hall–Kier alpha value is -1.88. The van der Waals surface area contributed by atoms with Crippen molar-refractivity contribution < 1.29 is 19.8 Å². The van der Waals surface area contributed by atoms with E-state index in [1.54, 1.807) is 12.1 Å². The average Bonchev–Trinajstić information content (AvgIpc) is 2.75. The van der Waals surface area contributed by atoms with Crippen molar-refractivity contribution >= 4 is 11.9 Å². The van der Waals surface area contributed by atoms with Crippen LogP contribution in [0.25, 0.3) is 0 Å². The summed E-state index contributed by atoms with van der Waals surface area (Å²) < 4.78 is 0. The number of hydrogen-bond donors (Lipinski definition) is 2. The van der Waals surface area contributed by atoms with Gasteiger partial charge in [0.2, 0.25) is 0 Å². The van der Waals surface area contributed by atoms with Crippen molar-refractivity contribution in [2.45, 2.75) is 12.5 Å². The molecule has 2 rings (SSSR count). The molecule has 1 heterocycles. The number of hydrogen-bond acceptors (Lipinski definition) is 3. The second kappa shape index (κ2) is 4.55. The highest BCUT2D eigenvalue weighted by Gasteiger charge is 2.25. The van der Waals surface area contributed by atoms with Crippen LogP contribution >= 0.6 is 0 Å². The Labute approximate surface area is 98.3 Å². The lowest BCUT2D eigenvalue weighted by Gasteiger charge is -2.15. The fourth-order valence-electron chi connectivity index (χ4n) is 1.89. The van der Waals surface area contributed by atoms with Crippen LogP contribution in [0.2, 0.25) is 0 Å². The van der Waals surface area contributed by atoms with Gasteiger partial charge in [0, 0.05) is 18.7 Å². The molecule has 1 atom stereocenters. The molecule has 5 heteroatoms. The van der Waals surface area contributed by atoms with Gasteiger partial charge in [-0.25, -0.2) is 4.79 Å². The zero-order chi connectivity index (χ0) is 12.4. The maximum Gasteiger partial charge on any atom is 0.335 e. The first kappa shape index (κ1) is 11.6. The molecule has 1 aliphatic rings. The Morgan fingerprint density at radius 1 is 1.29 bits per heavy atom. The fraction of sp³-hybridized carbons (Fsp3) is 0.333. The molecule has 90 valence electrons. The molecule has 17 heavy (non-hydrogen) atoms.